The molecule has 0 amide bonds. The Hall–Kier alpha value is -10.1. The molecule has 148 heavy (non-hydrogen) atoms. The van der Waals surface area contributed by atoms with Gasteiger partial charge in [-0.15, -0.1) is 79.4 Å². The molecule has 4 N–H and O–H groups in total. The Labute approximate surface area is 919 Å². The number of halogens is 13. The van der Waals surface area contributed by atoms with Crippen LogP contribution in [0.1, 0.15) is 142 Å². The van der Waals surface area contributed by atoms with E-state index < -0.39 is 31.3 Å². The summed E-state index contributed by atoms with van der Waals surface area (Å²) in [4.78, 5) is 101. The van der Waals surface area contributed by atoms with Gasteiger partial charge in [-0.3, -0.25) is 24.0 Å². The topological polar surface area (TPSA) is 277 Å². The van der Waals surface area contributed by atoms with Crippen LogP contribution in [0.2, 0.25) is 6.82 Å². The molecule has 0 fully saturated rings. The van der Waals surface area contributed by atoms with Gasteiger partial charge < -0.3 is 142 Å². The summed E-state index contributed by atoms with van der Waals surface area (Å²) in [6, 6.07) is 38.8. The van der Waals surface area contributed by atoms with Gasteiger partial charge in [0.2, 0.25) is 0 Å². The van der Waals surface area contributed by atoms with E-state index in [2.05, 4.69) is 193 Å². The summed E-state index contributed by atoms with van der Waals surface area (Å²) in [5, 5.41) is 31.7. The number of thiophene rings is 7. The first-order valence-corrected chi connectivity index (χ1v) is 52.7. The fourth-order valence-corrected chi connectivity index (χ4v) is 20.1. The number of aldehydes is 2. The number of hydrogen-bond donors (Lipinski definition) is 4. The molecule has 15 heterocycles. The van der Waals surface area contributed by atoms with E-state index in [1.165, 1.54) is 70.6 Å². The maximum atomic E-state index is 16.8. The molecule has 0 aliphatic carbocycles. The van der Waals surface area contributed by atoms with E-state index >= 15 is 8.63 Å². The number of aromatic amines is 4. The Morgan fingerprint density at radius 2 is 0.818 bits per heavy atom. The Kier molecular flexibility index (Phi) is 53.3. The number of quaternary nitrogens is 4. The SMILES string of the molecule is CCOC(=O)CCC1=CC(c2cccs2)=N/C1=C\c1[nH]c(-c2cccs2)cc1CCC[N+](C)(C)C.CCOC(=O)CCC1=CC(c2cccs2)=[N+]2C1=Cc1c(CCC[N+](C)(C)C)cc(-c3cccs3)n1[B-]2(F)F.COC(=O)CCc1c[nH]c(-c2cccs2)c1.C[B]F.C[N+](C)(C)CCCc1cc(-c2cccs2)[nH]c1C=O.C[N+](C)(C)CCCc1cc(-c2cccs2)[nH]c1C=O.FF.O=C([O-])C(F)(F)F.O=C([O-])C(F)(F)F.[I-].[I-]. The second-order valence-electron chi connectivity index (χ2n) is 37.4. The molecule has 3 aliphatic rings. The van der Waals surface area contributed by atoms with Gasteiger partial charge in [-0.2, -0.15) is 26.3 Å². The molecule has 0 saturated carbocycles. The highest BCUT2D eigenvalue weighted by atomic mass is 127. The highest BCUT2D eigenvalue weighted by Crippen LogP contribution is 2.44. The van der Waals surface area contributed by atoms with E-state index in [0.717, 1.165) is 207 Å². The summed E-state index contributed by atoms with van der Waals surface area (Å²) < 4.78 is 144. The number of carbonyl (C=O) groups is 7. The Balaban J connectivity index is 0.000000320. The number of aliphatic carboxylic acids is 2. The molecule has 0 aromatic carbocycles. The molecule has 0 bridgehead atoms. The predicted molar refractivity (Wildman–Crippen MR) is 564 cm³/mol. The summed E-state index contributed by atoms with van der Waals surface area (Å²) >= 11 is 11.4. The molecular weight excluding hydrogens is 2290 g/mol. The number of allylic oxidation sites excluding steroid dienone is 4. The van der Waals surface area contributed by atoms with Gasteiger partial charge in [-0.1, -0.05) is 49.3 Å². The minimum atomic E-state index is -5.19. The number of nitrogens with zero attached hydrogens (tertiary/aromatic N) is 7. The lowest BCUT2D eigenvalue weighted by atomic mass is 9.88. The molecule has 12 aromatic rings. The van der Waals surface area contributed by atoms with Crippen molar-refractivity contribution in [2.24, 2.45) is 4.99 Å². The van der Waals surface area contributed by atoms with Gasteiger partial charge in [0.05, 0.1) is 206 Å². The van der Waals surface area contributed by atoms with E-state index in [4.69, 9.17) is 43.4 Å². The van der Waals surface area contributed by atoms with E-state index in [0.29, 0.717) is 75.7 Å². The molecule has 23 nitrogen and oxygen atoms in total. The number of carbonyl (C=O) groups excluding carboxylic acids is 7. The smallest absolute Gasteiger partial charge is 0.737 e. The molecular formula is C103H125B2F11I2N11O12S7. The van der Waals surface area contributed by atoms with Crippen molar-refractivity contribution in [3.05, 3.63) is 254 Å². The Morgan fingerprint density at radius 1 is 0.473 bits per heavy atom. The van der Waals surface area contributed by atoms with Gasteiger partial charge in [0.1, 0.15) is 11.9 Å². The van der Waals surface area contributed by atoms with Crippen LogP contribution in [0.25, 0.3) is 65.0 Å². The number of alkyl halides is 6. The first kappa shape index (κ1) is 128. The predicted octanol–water partition coefficient (Wildman–Crippen LogP) is 16.1. The van der Waals surface area contributed by atoms with Gasteiger partial charge in [-0.05, 0) is 215 Å². The van der Waals surface area contributed by atoms with Crippen LogP contribution >= 0.6 is 79.4 Å². The zero-order valence-electron chi connectivity index (χ0n) is 85.2. The quantitative estimate of drug-likeness (QED) is 0.00538. The third-order valence-corrected chi connectivity index (χ3v) is 28.1. The van der Waals surface area contributed by atoms with Crippen molar-refractivity contribution in [1.82, 2.24) is 24.4 Å². The number of hydrogen-bond acceptors (Lipinski definition) is 20. The van der Waals surface area contributed by atoms with Crippen molar-refractivity contribution in [3.63, 3.8) is 0 Å². The molecule has 803 valence electrons. The molecule has 15 rings (SSSR count). The Morgan fingerprint density at radius 3 is 1.18 bits per heavy atom. The van der Waals surface area contributed by atoms with E-state index in [-0.39, 0.29) is 72.3 Å². The van der Waals surface area contributed by atoms with Gasteiger partial charge in [0.15, 0.2) is 24.0 Å². The van der Waals surface area contributed by atoms with Gasteiger partial charge in [-0.25, -0.2) is 4.99 Å². The number of carboxylic acids is 2. The molecule has 0 spiro atoms. The third-order valence-electron chi connectivity index (χ3n) is 21.8. The Bertz CT molecular complexity index is 6170. The summed E-state index contributed by atoms with van der Waals surface area (Å²) in [6.07, 6.45) is 11.8. The number of fused-ring (bicyclic) bond motifs is 2. The number of aryl methyl sites for hydroxylation is 5. The van der Waals surface area contributed by atoms with E-state index in [9.17, 15) is 54.6 Å². The number of nitrogens with one attached hydrogen (secondary N) is 4. The molecule has 3 aliphatic heterocycles. The van der Waals surface area contributed by atoms with Crippen LogP contribution < -0.4 is 58.2 Å². The van der Waals surface area contributed by atoms with Gasteiger partial charge >= 0.3 is 44.8 Å². The maximum Gasteiger partial charge on any atom is 0.737 e. The fraction of sp³-hybridized carbons (Fsp3) is 0.369. The summed E-state index contributed by atoms with van der Waals surface area (Å²) in [6.45, 7) is 5.73. The standard InChI is InChI=1S/C28H33BF2N3O2S2.C28H34N3O2S2.2C15H20N2OS.C12H13NO2S.2C2HF3O2.CH3BF.F2.2HI/c1-5-36-28(35)13-12-21-18-25(27-11-8-16-38-27)33-23(21)19-22-20(9-6-14-34(2,3)4)17-24(26-10-7-15-37-26)32(22)29(33,30)31;1-5-33-28(32)13-12-21-18-25(27-11-8-16-35-27)30-23(21)19-22-20(9-6-14-31(2,3)4)17-24(29-22)26-10-7-15-34-26;2*1-17(2,3)8-4-6-12-10-13(16-14(12)11-18)15-7-5-9-19-15;1-15-12(14)5-4-9-7-10(13-8-9)11-3-2-6-16-11;2*3-2(4,5)1(6)7;1-2-3;1-2;;/h7-8,10-11,15-19H,5-6,9,12-14H2,1-4H3;7-8,10-11,15-19,29H,5-6,9,12-14H2,1-4H3;2*5,7,9-11H,4,6,8H2,1-3H3;2-3,6-8,13H,4-5H2,1H3;2*(H,6,7);1H3;;2*1H/q2*+1;;;;;;;;;/p-2/b;23-19-;;;;;;;;;. The highest BCUT2D eigenvalue weighted by Gasteiger charge is 2.55. The van der Waals surface area contributed by atoms with Crippen LogP contribution in [-0.4, -0.2) is 259 Å². The number of rotatable bonds is 37. The van der Waals surface area contributed by atoms with Crippen molar-refractivity contribution in [1.29, 1.82) is 0 Å². The van der Waals surface area contributed by atoms with Crippen LogP contribution in [0.5, 0.6) is 0 Å². The lowest BCUT2D eigenvalue weighted by Crippen LogP contribution is -3.00. The van der Waals surface area contributed by atoms with E-state index in [1.807, 2.05) is 107 Å². The maximum absolute atomic E-state index is 16.8. The third kappa shape index (κ3) is 41.9. The number of ether oxygens (including phenoxy) is 3. The number of aromatic nitrogens is 5. The molecule has 0 atom stereocenters. The van der Waals surface area contributed by atoms with Crippen molar-refractivity contribution in [2.45, 2.75) is 123 Å². The lowest BCUT2D eigenvalue weighted by molar-refractivity contribution is -0.870. The first-order chi connectivity index (χ1) is 69.0. The fourth-order valence-electron chi connectivity index (χ4n) is 15.2. The van der Waals surface area contributed by atoms with Gasteiger partial charge in [0, 0.05) is 100.0 Å². The van der Waals surface area contributed by atoms with Crippen molar-refractivity contribution in [2.75, 3.05) is 131 Å². The van der Waals surface area contributed by atoms with Gasteiger partial charge in [0.25, 0.3) is 0 Å². The summed E-state index contributed by atoms with van der Waals surface area (Å²) in [5.74, 6) is -6.67. The number of H-pyrrole nitrogens is 4. The number of methoxy groups -OCH3 is 1. The second-order valence-corrected chi connectivity index (χ2v) is 44.0. The zero-order valence-corrected chi connectivity index (χ0v) is 95.2. The molecule has 0 saturated heterocycles. The zero-order chi connectivity index (χ0) is 108. The minimum absolute atomic E-state index is 0. The average molecular weight is 2420 g/mol. The molecule has 1 radical (unpaired) electrons. The number of aliphatic imine (C=N–C) groups is 1. The number of carboxylic acid groups (broad SMARTS) is 2. The largest absolute Gasteiger partial charge is 1.00 e. The minimum Gasteiger partial charge on any atom is -1.00 e. The van der Waals surface area contributed by atoms with Crippen molar-refractivity contribution < 1.29 is 177 Å². The molecule has 12 aromatic heterocycles. The first-order valence-electron chi connectivity index (χ1n) is 46.6. The van der Waals surface area contributed by atoms with Crippen LogP contribution in [-0.2, 0) is 70.3 Å². The van der Waals surface area contributed by atoms with Crippen LogP contribution in [0.3, 0.4) is 0 Å². The monoisotopic (exact) mass is 2420 g/mol. The summed E-state index contributed by atoms with van der Waals surface area (Å²) in [5.41, 5.74) is 18.3. The molecule has 0 unspecified atom stereocenters. The van der Waals surface area contributed by atoms with E-state index in [1.54, 1.807) is 63.6 Å². The lowest BCUT2D eigenvalue weighted by Gasteiger charge is -2.31. The number of esters is 3. The highest BCUT2D eigenvalue weighted by molar-refractivity contribution is 7.15. The second kappa shape index (κ2) is 61.5. The van der Waals surface area contributed by atoms with Crippen LogP contribution in [0.15, 0.2) is 199 Å². The average Bonchev–Trinajstić information content (AvgIpc) is 1.54. The van der Waals surface area contributed by atoms with Crippen molar-refractivity contribution >= 4 is 160 Å². The summed E-state index contributed by atoms with van der Waals surface area (Å²) in [7, 11) is 28.2. The molecule has 45 heteroatoms. The van der Waals surface area contributed by atoms with Crippen molar-refractivity contribution in [3.8, 4) is 52.9 Å². The van der Waals surface area contributed by atoms with Crippen LogP contribution in [0.4, 0.5) is 48.4 Å². The van der Waals surface area contributed by atoms with Crippen LogP contribution in [0, 0.1) is 0 Å². The normalized spacial score (nSPS) is 13.0.